The first-order valence-corrected chi connectivity index (χ1v) is 9.23. The van der Waals surface area contributed by atoms with Gasteiger partial charge in [0, 0.05) is 16.8 Å². The van der Waals surface area contributed by atoms with Crippen molar-refractivity contribution in [2.24, 2.45) is 0 Å². The van der Waals surface area contributed by atoms with Crippen LogP contribution in [0.4, 0.5) is 0 Å². The minimum Gasteiger partial charge on any atom is -0.493 e. The van der Waals surface area contributed by atoms with Crippen LogP contribution < -0.4 is 18.9 Å². The highest BCUT2D eigenvalue weighted by molar-refractivity contribution is 7.89. The minimum atomic E-state index is -3.63. The van der Waals surface area contributed by atoms with Gasteiger partial charge < -0.3 is 18.9 Å². The number of nitrogens with zero attached hydrogens (tertiary/aromatic N) is 1. The van der Waals surface area contributed by atoms with Crippen LogP contribution in [0, 0.1) is 0 Å². The highest BCUT2D eigenvalue weighted by Gasteiger charge is 2.24. The van der Waals surface area contributed by atoms with Crippen molar-refractivity contribution in [2.75, 3.05) is 34.7 Å². The van der Waals surface area contributed by atoms with E-state index in [1.54, 1.807) is 24.3 Å². The zero-order chi connectivity index (χ0) is 18.4. The van der Waals surface area contributed by atoms with E-state index in [0.29, 0.717) is 44.8 Å². The summed E-state index contributed by atoms with van der Waals surface area (Å²) in [7, 11) is 2.38. The molecule has 0 spiro atoms. The van der Waals surface area contributed by atoms with Crippen molar-refractivity contribution in [3.05, 3.63) is 24.3 Å². The lowest BCUT2D eigenvalue weighted by molar-refractivity contribution is 0.356. The third-order valence-corrected chi connectivity index (χ3v) is 5.11. The molecule has 0 aliphatic heterocycles. The Kier molecular flexibility index (Phi) is 4.16. The number of fused-ring (bicyclic) bond motifs is 3. The van der Waals surface area contributed by atoms with Crippen LogP contribution >= 0.6 is 0 Å². The summed E-state index contributed by atoms with van der Waals surface area (Å²) in [6.07, 6.45) is 1.14. The van der Waals surface area contributed by atoms with Crippen molar-refractivity contribution in [3.8, 4) is 23.0 Å². The predicted molar refractivity (Wildman–Crippen MR) is 95.9 cm³/mol. The average Bonchev–Trinajstić information content (AvgIpc) is 2.92. The molecule has 1 heterocycles. The van der Waals surface area contributed by atoms with Gasteiger partial charge in [0.2, 0.25) is 10.0 Å². The molecule has 0 bridgehead atoms. The van der Waals surface area contributed by atoms with Gasteiger partial charge in [-0.2, -0.15) is 0 Å². The fraction of sp³-hybridized carbons (Fsp3) is 0.294. The second-order valence-corrected chi connectivity index (χ2v) is 7.28. The summed E-state index contributed by atoms with van der Waals surface area (Å²) in [6.45, 7) is 0. The first kappa shape index (κ1) is 17.2. The third kappa shape index (κ3) is 2.53. The van der Waals surface area contributed by atoms with Crippen LogP contribution in [0.25, 0.3) is 21.8 Å². The van der Waals surface area contributed by atoms with Crippen molar-refractivity contribution in [3.63, 3.8) is 0 Å². The maximum atomic E-state index is 12.5. The molecule has 0 radical (unpaired) electrons. The number of methoxy groups -OCH3 is 4. The number of hydrogen-bond donors (Lipinski definition) is 0. The Labute approximate surface area is 145 Å². The van der Waals surface area contributed by atoms with E-state index in [1.165, 1.54) is 32.4 Å². The molecule has 3 aromatic rings. The van der Waals surface area contributed by atoms with E-state index in [0.717, 1.165) is 6.26 Å². The fourth-order valence-corrected chi connectivity index (χ4v) is 4.07. The van der Waals surface area contributed by atoms with Gasteiger partial charge in [-0.05, 0) is 18.2 Å². The first-order chi connectivity index (χ1) is 11.9. The van der Waals surface area contributed by atoms with Crippen molar-refractivity contribution in [2.45, 2.75) is 0 Å². The molecule has 0 aliphatic carbocycles. The van der Waals surface area contributed by atoms with E-state index < -0.39 is 10.0 Å². The number of rotatable bonds is 5. The Bertz CT molecular complexity index is 1070. The lowest BCUT2D eigenvalue weighted by Crippen LogP contribution is -2.10. The molecule has 0 N–H and O–H groups in total. The molecular formula is C17H19NO6S. The second-order valence-electron chi connectivity index (χ2n) is 5.45. The Morgan fingerprint density at radius 2 is 1.40 bits per heavy atom. The molecule has 8 heteroatoms. The molecule has 0 saturated carbocycles. The molecule has 2 aromatic carbocycles. The van der Waals surface area contributed by atoms with Gasteiger partial charge in [-0.1, -0.05) is 0 Å². The van der Waals surface area contributed by atoms with E-state index in [9.17, 15) is 8.42 Å². The summed E-state index contributed by atoms with van der Waals surface area (Å²) in [4.78, 5) is 0. The van der Waals surface area contributed by atoms with Crippen LogP contribution in [-0.2, 0) is 10.0 Å². The van der Waals surface area contributed by atoms with Crippen LogP contribution in [0.1, 0.15) is 0 Å². The molecule has 7 nitrogen and oxygen atoms in total. The Morgan fingerprint density at radius 3 is 1.92 bits per heavy atom. The summed E-state index contributed by atoms with van der Waals surface area (Å²) in [5.74, 6) is 1.74. The van der Waals surface area contributed by atoms with Crippen LogP contribution in [0.3, 0.4) is 0 Å². The van der Waals surface area contributed by atoms with E-state index in [-0.39, 0.29) is 0 Å². The van der Waals surface area contributed by atoms with Gasteiger partial charge in [0.25, 0.3) is 0 Å². The molecule has 0 atom stereocenters. The second kappa shape index (κ2) is 6.03. The van der Waals surface area contributed by atoms with Gasteiger partial charge in [0.1, 0.15) is 5.52 Å². The van der Waals surface area contributed by atoms with Crippen LogP contribution in [0.15, 0.2) is 24.3 Å². The standard InChI is InChI=1S/C17H19NO6S/c1-21-13-7-6-10-11-8-14(22-2)15(23-3)9-12(11)18(25(5,19)20)16(10)17(13)24-4/h6-9H,1-5H3. The number of aromatic nitrogens is 1. The molecule has 0 fully saturated rings. The topological polar surface area (TPSA) is 76.0 Å². The monoisotopic (exact) mass is 365 g/mol. The lowest BCUT2D eigenvalue weighted by Gasteiger charge is -2.11. The molecule has 0 amide bonds. The molecule has 3 rings (SSSR count). The SMILES string of the molecule is COc1cc2c3ccc(OC)c(OC)c3n(S(C)(=O)=O)c2cc1OC. The smallest absolute Gasteiger partial charge is 0.236 e. The zero-order valence-corrected chi connectivity index (χ0v) is 15.4. The number of ether oxygens (including phenoxy) is 4. The van der Waals surface area contributed by atoms with Crippen molar-refractivity contribution >= 4 is 31.8 Å². The lowest BCUT2D eigenvalue weighted by atomic mass is 10.1. The Balaban J connectivity index is 2.64. The zero-order valence-electron chi connectivity index (χ0n) is 14.6. The predicted octanol–water partition coefficient (Wildman–Crippen LogP) is 2.64. The first-order valence-electron chi connectivity index (χ1n) is 7.39. The van der Waals surface area contributed by atoms with Crippen LogP contribution in [0.2, 0.25) is 0 Å². The summed E-state index contributed by atoms with van der Waals surface area (Å²) in [6, 6.07) is 6.93. The van der Waals surface area contributed by atoms with Crippen LogP contribution in [-0.4, -0.2) is 47.1 Å². The van der Waals surface area contributed by atoms with Crippen molar-refractivity contribution < 1.29 is 27.4 Å². The normalized spacial score (nSPS) is 11.7. The van der Waals surface area contributed by atoms with Gasteiger partial charge in [0.05, 0.1) is 40.2 Å². The van der Waals surface area contributed by atoms with Gasteiger partial charge in [-0.25, -0.2) is 12.4 Å². The van der Waals surface area contributed by atoms with E-state index in [2.05, 4.69) is 0 Å². The molecular weight excluding hydrogens is 346 g/mol. The highest BCUT2D eigenvalue weighted by atomic mass is 32.2. The summed E-state index contributed by atoms with van der Waals surface area (Å²) in [5.41, 5.74) is 0.886. The number of hydrogen-bond acceptors (Lipinski definition) is 6. The fourth-order valence-electron chi connectivity index (χ4n) is 3.05. The van der Waals surface area contributed by atoms with Gasteiger partial charge in [0.15, 0.2) is 23.0 Å². The van der Waals surface area contributed by atoms with Gasteiger partial charge in [-0.3, -0.25) is 0 Å². The van der Waals surface area contributed by atoms with Crippen LogP contribution in [0.5, 0.6) is 23.0 Å². The van der Waals surface area contributed by atoms with Gasteiger partial charge in [-0.15, -0.1) is 0 Å². The summed E-state index contributed by atoms with van der Waals surface area (Å²) >= 11 is 0. The summed E-state index contributed by atoms with van der Waals surface area (Å²) in [5, 5.41) is 1.41. The molecule has 0 unspecified atom stereocenters. The quantitative estimate of drug-likeness (QED) is 0.692. The van der Waals surface area contributed by atoms with Crippen molar-refractivity contribution in [1.82, 2.24) is 3.97 Å². The number of benzene rings is 2. The Hall–Kier alpha value is -2.61. The summed E-state index contributed by atoms with van der Waals surface area (Å²) < 4.78 is 47.8. The average molecular weight is 365 g/mol. The molecule has 0 saturated heterocycles. The molecule has 1 aromatic heterocycles. The largest absolute Gasteiger partial charge is 0.493 e. The maximum absolute atomic E-state index is 12.5. The molecule has 0 aliphatic rings. The van der Waals surface area contributed by atoms with E-state index in [4.69, 9.17) is 18.9 Å². The van der Waals surface area contributed by atoms with E-state index in [1.807, 2.05) is 0 Å². The van der Waals surface area contributed by atoms with E-state index >= 15 is 0 Å². The highest BCUT2D eigenvalue weighted by Crippen LogP contribution is 2.44. The van der Waals surface area contributed by atoms with Crippen molar-refractivity contribution in [1.29, 1.82) is 0 Å². The maximum Gasteiger partial charge on any atom is 0.236 e. The molecule has 25 heavy (non-hydrogen) atoms. The Morgan fingerprint density at radius 1 is 0.800 bits per heavy atom. The third-order valence-electron chi connectivity index (χ3n) is 4.06. The van der Waals surface area contributed by atoms with Gasteiger partial charge >= 0.3 is 0 Å². The minimum absolute atomic E-state index is 0.347. The molecule has 134 valence electrons.